The maximum Gasteiger partial charge on any atom is 0.359 e. The second-order valence-corrected chi connectivity index (χ2v) is 6.18. The zero-order valence-corrected chi connectivity index (χ0v) is 15.0. The Kier molecular flexibility index (Phi) is 5.02. The van der Waals surface area contributed by atoms with Crippen molar-refractivity contribution in [2.24, 2.45) is 0 Å². The minimum absolute atomic E-state index is 0.169. The van der Waals surface area contributed by atoms with E-state index in [0.29, 0.717) is 11.3 Å². The Morgan fingerprint density at radius 1 is 1.23 bits per heavy atom. The van der Waals surface area contributed by atoms with Crippen LogP contribution in [0.1, 0.15) is 35.5 Å². The van der Waals surface area contributed by atoms with Crippen molar-refractivity contribution in [1.29, 1.82) is 0 Å². The molecule has 0 aliphatic carbocycles. The SMILES string of the molecule is CCc1ccc(NC(=O)C(C)OC(=O)c2cn3ccc(C)cc3n2)cc1. The fourth-order valence-electron chi connectivity index (χ4n) is 2.52. The van der Waals surface area contributed by atoms with E-state index in [1.807, 2.05) is 49.5 Å². The van der Waals surface area contributed by atoms with Crippen LogP contribution in [0.25, 0.3) is 5.65 Å². The molecule has 0 fully saturated rings. The number of esters is 1. The van der Waals surface area contributed by atoms with Crippen LogP contribution in [0.2, 0.25) is 0 Å². The van der Waals surface area contributed by atoms with E-state index in [4.69, 9.17) is 4.74 Å². The molecule has 1 N–H and O–H groups in total. The number of fused-ring (bicyclic) bond motifs is 1. The number of pyridine rings is 1. The predicted octanol–water partition coefficient (Wildman–Crippen LogP) is 3.39. The van der Waals surface area contributed by atoms with Crippen LogP contribution in [-0.2, 0) is 16.0 Å². The zero-order chi connectivity index (χ0) is 18.7. The molecule has 6 heteroatoms. The summed E-state index contributed by atoms with van der Waals surface area (Å²) in [5.74, 6) is -1.02. The summed E-state index contributed by atoms with van der Waals surface area (Å²) in [7, 11) is 0. The molecule has 2 aromatic heterocycles. The molecule has 0 spiro atoms. The van der Waals surface area contributed by atoms with Crippen LogP contribution in [0.4, 0.5) is 5.69 Å². The number of imidazole rings is 1. The smallest absolute Gasteiger partial charge is 0.359 e. The van der Waals surface area contributed by atoms with Crippen molar-refractivity contribution >= 4 is 23.2 Å². The monoisotopic (exact) mass is 351 g/mol. The average molecular weight is 351 g/mol. The minimum Gasteiger partial charge on any atom is -0.448 e. The largest absolute Gasteiger partial charge is 0.448 e. The number of carbonyl (C=O) groups is 2. The van der Waals surface area contributed by atoms with Gasteiger partial charge in [-0.05, 0) is 55.7 Å². The molecule has 0 saturated heterocycles. The highest BCUT2D eigenvalue weighted by Crippen LogP contribution is 2.12. The maximum atomic E-state index is 12.3. The van der Waals surface area contributed by atoms with E-state index in [-0.39, 0.29) is 11.6 Å². The lowest BCUT2D eigenvalue weighted by Crippen LogP contribution is -2.30. The second kappa shape index (κ2) is 7.39. The van der Waals surface area contributed by atoms with E-state index in [0.717, 1.165) is 12.0 Å². The highest BCUT2D eigenvalue weighted by Gasteiger charge is 2.21. The fourth-order valence-corrected chi connectivity index (χ4v) is 2.52. The molecule has 2 heterocycles. The molecule has 1 atom stereocenters. The number of amides is 1. The summed E-state index contributed by atoms with van der Waals surface area (Å²) in [5, 5.41) is 2.74. The van der Waals surface area contributed by atoms with Crippen molar-refractivity contribution < 1.29 is 14.3 Å². The molecule has 134 valence electrons. The summed E-state index contributed by atoms with van der Waals surface area (Å²) in [6.45, 7) is 5.55. The minimum atomic E-state index is -0.931. The van der Waals surface area contributed by atoms with Crippen molar-refractivity contribution in [2.75, 3.05) is 5.32 Å². The number of hydrogen-bond acceptors (Lipinski definition) is 4. The van der Waals surface area contributed by atoms with Crippen molar-refractivity contribution in [3.05, 3.63) is 65.6 Å². The van der Waals surface area contributed by atoms with E-state index in [1.54, 1.807) is 10.6 Å². The summed E-state index contributed by atoms with van der Waals surface area (Å²) in [6.07, 6.45) is 3.41. The van der Waals surface area contributed by atoms with E-state index < -0.39 is 12.1 Å². The number of hydrogen-bond donors (Lipinski definition) is 1. The molecule has 1 amide bonds. The van der Waals surface area contributed by atoms with Crippen molar-refractivity contribution in [2.45, 2.75) is 33.3 Å². The quantitative estimate of drug-likeness (QED) is 0.715. The summed E-state index contributed by atoms with van der Waals surface area (Å²) >= 11 is 0. The van der Waals surface area contributed by atoms with Gasteiger partial charge in [0.2, 0.25) is 0 Å². The van der Waals surface area contributed by atoms with Crippen molar-refractivity contribution in [1.82, 2.24) is 9.38 Å². The van der Waals surface area contributed by atoms with E-state index in [2.05, 4.69) is 17.2 Å². The topological polar surface area (TPSA) is 72.7 Å². The molecule has 0 radical (unpaired) electrons. The van der Waals surface area contributed by atoms with Gasteiger partial charge >= 0.3 is 5.97 Å². The van der Waals surface area contributed by atoms with Gasteiger partial charge in [0.15, 0.2) is 11.8 Å². The van der Waals surface area contributed by atoms with Gasteiger partial charge in [-0.25, -0.2) is 9.78 Å². The Morgan fingerprint density at radius 3 is 2.65 bits per heavy atom. The maximum absolute atomic E-state index is 12.3. The van der Waals surface area contributed by atoms with Gasteiger partial charge < -0.3 is 14.5 Å². The third kappa shape index (κ3) is 3.91. The lowest BCUT2D eigenvalue weighted by atomic mass is 10.1. The molecule has 0 bridgehead atoms. The number of nitrogens with one attached hydrogen (secondary N) is 1. The standard InChI is InChI=1S/C20H21N3O3/c1-4-15-5-7-16(8-6-15)21-19(24)14(3)26-20(25)17-12-23-10-9-13(2)11-18(23)22-17/h5-12,14H,4H2,1-3H3,(H,21,24). The van der Waals surface area contributed by atoms with Gasteiger partial charge in [0.1, 0.15) is 5.65 Å². The first-order chi connectivity index (χ1) is 12.5. The average Bonchev–Trinajstić information content (AvgIpc) is 3.05. The highest BCUT2D eigenvalue weighted by molar-refractivity contribution is 5.97. The van der Waals surface area contributed by atoms with E-state index >= 15 is 0 Å². The Hall–Kier alpha value is -3.15. The van der Waals surface area contributed by atoms with Crippen LogP contribution in [0.5, 0.6) is 0 Å². The number of benzene rings is 1. The third-order valence-corrected chi connectivity index (χ3v) is 4.11. The number of aryl methyl sites for hydroxylation is 2. The van der Waals surface area contributed by atoms with Crippen LogP contribution < -0.4 is 5.32 Å². The Labute approximate surface area is 151 Å². The Morgan fingerprint density at radius 2 is 1.96 bits per heavy atom. The van der Waals surface area contributed by atoms with E-state index in [9.17, 15) is 9.59 Å². The van der Waals surface area contributed by atoms with E-state index in [1.165, 1.54) is 12.5 Å². The fraction of sp³-hybridized carbons (Fsp3) is 0.250. The summed E-state index contributed by atoms with van der Waals surface area (Å²) in [6, 6.07) is 11.3. The highest BCUT2D eigenvalue weighted by atomic mass is 16.5. The van der Waals surface area contributed by atoms with Gasteiger partial charge in [-0.15, -0.1) is 0 Å². The molecule has 0 saturated carbocycles. The molecule has 3 aromatic rings. The molecule has 3 rings (SSSR count). The van der Waals surface area contributed by atoms with Gasteiger partial charge in [0.05, 0.1) is 0 Å². The van der Waals surface area contributed by atoms with Crippen molar-refractivity contribution in [3.63, 3.8) is 0 Å². The van der Waals surface area contributed by atoms with Crippen LogP contribution in [0.3, 0.4) is 0 Å². The lowest BCUT2D eigenvalue weighted by molar-refractivity contribution is -0.123. The summed E-state index contributed by atoms with van der Waals surface area (Å²) < 4.78 is 6.99. The first kappa shape index (κ1) is 17.7. The van der Waals surface area contributed by atoms with Gasteiger partial charge in [0, 0.05) is 18.1 Å². The van der Waals surface area contributed by atoms with Crippen LogP contribution in [0.15, 0.2) is 48.8 Å². The molecule has 6 nitrogen and oxygen atoms in total. The number of aromatic nitrogens is 2. The molecular formula is C20H21N3O3. The summed E-state index contributed by atoms with van der Waals surface area (Å²) in [5.41, 5.74) is 3.72. The molecule has 1 unspecified atom stereocenters. The number of carbonyl (C=O) groups excluding carboxylic acids is 2. The number of nitrogens with zero attached hydrogens (tertiary/aromatic N) is 2. The second-order valence-electron chi connectivity index (χ2n) is 6.18. The number of anilines is 1. The van der Waals surface area contributed by atoms with Crippen LogP contribution in [0, 0.1) is 6.92 Å². The first-order valence-corrected chi connectivity index (χ1v) is 8.52. The van der Waals surface area contributed by atoms with Gasteiger partial charge in [0.25, 0.3) is 5.91 Å². The number of rotatable bonds is 5. The first-order valence-electron chi connectivity index (χ1n) is 8.52. The molecule has 1 aromatic carbocycles. The van der Waals surface area contributed by atoms with Gasteiger partial charge in [-0.2, -0.15) is 0 Å². The number of ether oxygens (including phenoxy) is 1. The lowest BCUT2D eigenvalue weighted by Gasteiger charge is -2.13. The molecular weight excluding hydrogens is 330 g/mol. The normalized spacial score (nSPS) is 12.0. The molecule has 0 aliphatic heterocycles. The van der Waals surface area contributed by atoms with Gasteiger partial charge in [-0.3, -0.25) is 4.79 Å². The zero-order valence-electron chi connectivity index (χ0n) is 15.0. The Bertz CT molecular complexity index is 945. The van der Waals surface area contributed by atoms with Crippen molar-refractivity contribution in [3.8, 4) is 0 Å². The third-order valence-electron chi connectivity index (χ3n) is 4.11. The molecule has 0 aliphatic rings. The molecule has 26 heavy (non-hydrogen) atoms. The Balaban J connectivity index is 1.64. The predicted molar refractivity (Wildman–Crippen MR) is 99.3 cm³/mol. The van der Waals surface area contributed by atoms with Crippen LogP contribution >= 0.6 is 0 Å². The van der Waals surface area contributed by atoms with Gasteiger partial charge in [-0.1, -0.05) is 19.1 Å². The van der Waals surface area contributed by atoms with Crippen LogP contribution in [-0.4, -0.2) is 27.4 Å². The summed E-state index contributed by atoms with van der Waals surface area (Å²) in [4.78, 5) is 28.8.